The van der Waals surface area contributed by atoms with Gasteiger partial charge in [-0.1, -0.05) is 24.3 Å². The monoisotopic (exact) mass is 505 g/mol. The van der Waals surface area contributed by atoms with Gasteiger partial charge in [0.2, 0.25) is 18.4 Å². The number of benzene rings is 3. The van der Waals surface area contributed by atoms with Crippen LogP contribution in [0.1, 0.15) is 29.0 Å². The van der Waals surface area contributed by atoms with Crippen LogP contribution in [-0.2, 0) is 11.2 Å². The molecule has 1 aliphatic heterocycles. The largest absolute Gasteiger partial charge is 0.507 e. The predicted molar refractivity (Wildman–Crippen MR) is 133 cm³/mol. The van der Waals surface area contributed by atoms with Crippen LogP contribution >= 0.6 is 0 Å². The summed E-state index contributed by atoms with van der Waals surface area (Å²) in [6, 6.07) is 16.0. The van der Waals surface area contributed by atoms with Crippen molar-refractivity contribution in [2.75, 3.05) is 20.4 Å². The van der Waals surface area contributed by atoms with E-state index < -0.39 is 11.5 Å². The van der Waals surface area contributed by atoms with Crippen LogP contribution in [0.25, 0.3) is 11.0 Å². The SMILES string of the molecule is COc1cc(C(CC(=O)NCCc2ccc(F)cc2)c2c(O)c3ccccc3oc2=O)cc2c1OCO2. The molecule has 0 fully saturated rings. The Bertz CT molecular complexity index is 1510. The van der Waals surface area contributed by atoms with E-state index in [0.29, 0.717) is 41.2 Å². The van der Waals surface area contributed by atoms with Gasteiger partial charge in [0.15, 0.2) is 11.5 Å². The molecule has 1 atom stereocenters. The van der Waals surface area contributed by atoms with Crippen molar-refractivity contribution in [2.24, 2.45) is 0 Å². The minimum absolute atomic E-state index is 0.00699. The van der Waals surface area contributed by atoms with Gasteiger partial charge in [-0.3, -0.25) is 4.79 Å². The second kappa shape index (κ2) is 10.2. The van der Waals surface area contributed by atoms with Crippen LogP contribution in [-0.4, -0.2) is 31.5 Å². The predicted octanol–water partition coefficient (Wildman–Crippen LogP) is 4.26. The van der Waals surface area contributed by atoms with Crippen LogP contribution in [0, 0.1) is 5.82 Å². The first-order valence-corrected chi connectivity index (χ1v) is 11.7. The van der Waals surface area contributed by atoms with Crippen LogP contribution in [0.3, 0.4) is 0 Å². The molecule has 1 unspecified atom stereocenters. The van der Waals surface area contributed by atoms with Crippen molar-refractivity contribution >= 4 is 16.9 Å². The number of methoxy groups -OCH3 is 1. The molecule has 1 aromatic heterocycles. The molecule has 8 nitrogen and oxygen atoms in total. The Labute approximate surface area is 211 Å². The van der Waals surface area contributed by atoms with Gasteiger partial charge in [-0.2, -0.15) is 0 Å². The molecule has 0 radical (unpaired) electrons. The number of fused-ring (bicyclic) bond motifs is 2. The highest BCUT2D eigenvalue weighted by Gasteiger charge is 2.30. The average molecular weight is 505 g/mol. The van der Waals surface area contributed by atoms with E-state index in [9.17, 15) is 19.1 Å². The van der Waals surface area contributed by atoms with Crippen LogP contribution in [0.15, 0.2) is 69.9 Å². The topological polar surface area (TPSA) is 107 Å². The fraction of sp³-hybridized carbons (Fsp3) is 0.214. The van der Waals surface area contributed by atoms with Gasteiger partial charge in [-0.25, -0.2) is 9.18 Å². The maximum atomic E-state index is 13.2. The van der Waals surface area contributed by atoms with Crippen LogP contribution < -0.4 is 25.2 Å². The molecular weight excluding hydrogens is 481 g/mol. The first-order valence-electron chi connectivity index (χ1n) is 11.7. The van der Waals surface area contributed by atoms with Crippen molar-refractivity contribution in [3.05, 3.63) is 93.6 Å². The third-order valence-electron chi connectivity index (χ3n) is 6.29. The standard InChI is InChI=1S/C28H24FNO7/c1-34-22-12-17(13-23-27(22)36-15-35-23)20(14-24(31)30-11-10-16-6-8-18(29)9-7-16)25-26(32)19-4-2-3-5-21(19)37-28(25)33/h2-9,12-13,20,32H,10-11,14-15H2,1H3,(H,30,31). The number of aromatic hydroxyl groups is 1. The second-order valence-electron chi connectivity index (χ2n) is 8.59. The Hall–Kier alpha value is -4.53. The summed E-state index contributed by atoms with van der Waals surface area (Å²) >= 11 is 0. The summed E-state index contributed by atoms with van der Waals surface area (Å²) in [4.78, 5) is 26.1. The lowest BCUT2D eigenvalue weighted by molar-refractivity contribution is -0.121. The maximum Gasteiger partial charge on any atom is 0.343 e. The van der Waals surface area contributed by atoms with Crippen LogP contribution in [0.5, 0.6) is 23.0 Å². The molecule has 3 aromatic carbocycles. The van der Waals surface area contributed by atoms with Crippen molar-refractivity contribution in [3.63, 3.8) is 0 Å². The number of para-hydroxylation sites is 1. The van der Waals surface area contributed by atoms with Crippen molar-refractivity contribution in [1.82, 2.24) is 5.32 Å². The lowest BCUT2D eigenvalue weighted by atomic mass is 9.87. The molecule has 0 aliphatic carbocycles. The van der Waals surface area contributed by atoms with E-state index in [2.05, 4.69) is 5.32 Å². The average Bonchev–Trinajstić information content (AvgIpc) is 3.37. The molecule has 0 spiro atoms. The maximum absolute atomic E-state index is 13.2. The quantitative estimate of drug-likeness (QED) is 0.345. The molecule has 5 rings (SSSR count). The molecule has 0 saturated carbocycles. The minimum atomic E-state index is -0.880. The summed E-state index contributed by atoms with van der Waals surface area (Å²) in [5, 5.41) is 14.3. The van der Waals surface area contributed by atoms with Crippen LogP contribution in [0.2, 0.25) is 0 Å². The molecule has 0 saturated heterocycles. The molecule has 37 heavy (non-hydrogen) atoms. The molecule has 9 heteroatoms. The number of nitrogens with one attached hydrogen (secondary N) is 1. The lowest BCUT2D eigenvalue weighted by Crippen LogP contribution is -2.28. The molecule has 1 aliphatic rings. The molecule has 1 amide bonds. The Kier molecular flexibility index (Phi) is 6.68. The summed E-state index contributed by atoms with van der Waals surface area (Å²) < 4.78 is 35.1. The number of carbonyl (C=O) groups is 1. The molecule has 2 heterocycles. The van der Waals surface area contributed by atoms with Crippen molar-refractivity contribution in [2.45, 2.75) is 18.8 Å². The Balaban J connectivity index is 1.49. The lowest BCUT2D eigenvalue weighted by Gasteiger charge is -2.20. The van der Waals surface area contributed by atoms with Gasteiger partial charge in [-0.05, 0) is 53.9 Å². The van der Waals surface area contributed by atoms with Gasteiger partial charge < -0.3 is 29.1 Å². The van der Waals surface area contributed by atoms with Gasteiger partial charge in [0.25, 0.3) is 0 Å². The molecule has 190 valence electrons. The van der Waals surface area contributed by atoms with Gasteiger partial charge in [0.1, 0.15) is 17.1 Å². The smallest absolute Gasteiger partial charge is 0.343 e. The van der Waals surface area contributed by atoms with E-state index in [0.717, 1.165) is 5.56 Å². The highest BCUT2D eigenvalue weighted by Crippen LogP contribution is 2.45. The summed E-state index contributed by atoms with van der Waals surface area (Å²) in [5.74, 6) is -0.622. The zero-order valence-electron chi connectivity index (χ0n) is 20.0. The fourth-order valence-corrected chi connectivity index (χ4v) is 4.45. The summed E-state index contributed by atoms with van der Waals surface area (Å²) in [7, 11) is 1.47. The van der Waals surface area contributed by atoms with E-state index in [1.165, 1.54) is 19.2 Å². The van der Waals surface area contributed by atoms with E-state index in [1.54, 1.807) is 48.5 Å². The van der Waals surface area contributed by atoms with E-state index in [-0.39, 0.29) is 41.8 Å². The first-order chi connectivity index (χ1) is 17.9. The Morgan fingerprint density at radius 2 is 1.92 bits per heavy atom. The highest BCUT2D eigenvalue weighted by atomic mass is 19.1. The van der Waals surface area contributed by atoms with E-state index in [1.807, 2.05) is 0 Å². The molecular formula is C28H24FNO7. The zero-order chi connectivity index (χ0) is 25.9. The Morgan fingerprint density at radius 3 is 2.70 bits per heavy atom. The number of rotatable bonds is 8. The summed E-state index contributed by atoms with van der Waals surface area (Å²) in [6.07, 6.45) is 0.334. The highest BCUT2D eigenvalue weighted by molar-refractivity contribution is 5.85. The number of halogens is 1. The normalized spacial score (nSPS) is 12.9. The summed E-state index contributed by atoms with van der Waals surface area (Å²) in [5.41, 5.74) is 0.809. The van der Waals surface area contributed by atoms with Gasteiger partial charge in [0, 0.05) is 18.9 Å². The van der Waals surface area contributed by atoms with E-state index >= 15 is 0 Å². The number of amides is 1. The van der Waals surface area contributed by atoms with Crippen molar-refractivity contribution in [3.8, 4) is 23.0 Å². The third-order valence-corrected chi connectivity index (χ3v) is 6.29. The third kappa shape index (κ3) is 4.93. The fourth-order valence-electron chi connectivity index (χ4n) is 4.45. The van der Waals surface area contributed by atoms with Crippen molar-refractivity contribution in [1.29, 1.82) is 0 Å². The zero-order valence-corrected chi connectivity index (χ0v) is 20.0. The van der Waals surface area contributed by atoms with E-state index in [4.69, 9.17) is 18.6 Å². The number of carbonyl (C=O) groups excluding carboxylic acids is 1. The van der Waals surface area contributed by atoms with Gasteiger partial charge in [-0.15, -0.1) is 0 Å². The molecule has 4 aromatic rings. The number of ether oxygens (including phenoxy) is 3. The van der Waals surface area contributed by atoms with Gasteiger partial charge >= 0.3 is 5.63 Å². The minimum Gasteiger partial charge on any atom is -0.507 e. The number of hydrogen-bond acceptors (Lipinski definition) is 7. The first kappa shape index (κ1) is 24.2. The number of hydrogen-bond donors (Lipinski definition) is 2. The Morgan fingerprint density at radius 1 is 1.14 bits per heavy atom. The summed E-state index contributed by atoms with van der Waals surface area (Å²) in [6.45, 7) is 0.313. The van der Waals surface area contributed by atoms with Gasteiger partial charge in [0.05, 0.1) is 18.1 Å². The molecule has 2 N–H and O–H groups in total. The molecule has 0 bridgehead atoms. The second-order valence-corrected chi connectivity index (χ2v) is 8.59. The van der Waals surface area contributed by atoms with Crippen LogP contribution in [0.4, 0.5) is 4.39 Å². The van der Waals surface area contributed by atoms with Crippen molar-refractivity contribution < 1.29 is 32.9 Å².